The molecule has 0 radical (unpaired) electrons. The molecule has 0 spiro atoms. The molecule has 0 saturated heterocycles. The molecule has 1 aromatic carbocycles. The number of aromatic nitrogens is 2. The van der Waals surface area contributed by atoms with Crippen LogP contribution in [0.1, 0.15) is 5.56 Å². The van der Waals surface area contributed by atoms with E-state index in [0.29, 0.717) is 5.16 Å². The van der Waals surface area contributed by atoms with Crippen LogP contribution in [0.3, 0.4) is 0 Å². The Hall–Kier alpha value is -1.79. The fourth-order valence-corrected chi connectivity index (χ4v) is 2.29. The van der Waals surface area contributed by atoms with Crippen molar-refractivity contribution >= 4 is 17.6 Å². The predicted molar refractivity (Wildman–Crippen MR) is 72.6 cm³/mol. The monoisotopic (exact) mass is 262 g/mol. The third-order valence-corrected chi connectivity index (χ3v) is 3.15. The molecular formula is C12H14N4OS. The Morgan fingerprint density at radius 3 is 2.72 bits per heavy atom. The SMILES string of the molecule is CNCc1ccc(Sc2nc(N)cc(=O)[nH]2)cc1. The fourth-order valence-electron chi connectivity index (χ4n) is 1.49. The van der Waals surface area contributed by atoms with E-state index in [1.54, 1.807) is 0 Å². The fraction of sp³-hybridized carbons (Fsp3) is 0.167. The van der Waals surface area contributed by atoms with Crippen molar-refractivity contribution in [2.45, 2.75) is 16.6 Å². The highest BCUT2D eigenvalue weighted by Gasteiger charge is 2.02. The van der Waals surface area contributed by atoms with Crippen molar-refractivity contribution in [3.05, 3.63) is 46.2 Å². The lowest BCUT2D eigenvalue weighted by atomic mass is 10.2. The van der Waals surface area contributed by atoms with E-state index in [0.717, 1.165) is 11.4 Å². The molecule has 0 unspecified atom stereocenters. The third kappa shape index (κ3) is 3.35. The summed E-state index contributed by atoms with van der Waals surface area (Å²) in [6, 6.07) is 9.30. The molecule has 0 aliphatic heterocycles. The van der Waals surface area contributed by atoms with Gasteiger partial charge in [-0.15, -0.1) is 0 Å². The Kier molecular flexibility index (Phi) is 4.01. The van der Waals surface area contributed by atoms with Crippen molar-refractivity contribution in [1.29, 1.82) is 0 Å². The summed E-state index contributed by atoms with van der Waals surface area (Å²) in [4.78, 5) is 18.9. The zero-order valence-corrected chi connectivity index (χ0v) is 10.8. The Bertz CT molecular complexity index is 579. The smallest absolute Gasteiger partial charge is 0.253 e. The van der Waals surface area contributed by atoms with Gasteiger partial charge in [-0.2, -0.15) is 0 Å². The maximum absolute atomic E-state index is 11.2. The van der Waals surface area contributed by atoms with Crippen LogP contribution in [-0.2, 0) is 6.54 Å². The van der Waals surface area contributed by atoms with Crippen molar-refractivity contribution in [2.75, 3.05) is 12.8 Å². The van der Waals surface area contributed by atoms with Gasteiger partial charge in [0.15, 0.2) is 5.16 Å². The molecule has 6 heteroatoms. The maximum Gasteiger partial charge on any atom is 0.253 e. The van der Waals surface area contributed by atoms with E-state index < -0.39 is 0 Å². The quantitative estimate of drug-likeness (QED) is 0.722. The second-order valence-corrected chi connectivity index (χ2v) is 4.81. The van der Waals surface area contributed by atoms with E-state index in [1.807, 2.05) is 31.3 Å². The predicted octanol–water partition coefficient (Wildman–Crippen LogP) is 1.22. The molecule has 0 aliphatic rings. The number of nitrogens with one attached hydrogen (secondary N) is 2. The summed E-state index contributed by atoms with van der Waals surface area (Å²) in [5.74, 6) is 0.230. The Labute approximate surface area is 109 Å². The lowest BCUT2D eigenvalue weighted by Gasteiger charge is -2.03. The average Bonchev–Trinajstić information content (AvgIpc) is 2.31. The summed E-state index contributed by atoms with van der Waals surface area (Å²) in [5.41, 5.74) is 6.49. The van der Waals surface area contributed by atoms with E-state index in [-0.39, 0.29) is 11.4 Å². The number of hydrogen-bond donors (Lipinski definition) is 3. The first-order valence-corrected chi connectivity index (χ1v) is 6.27. The van der Waals surface area contributed by atoms with Gasteiger partial charge in [-0.05, 0) is 24.7 Å². The van der Waals surface area contributed by atoms with Crippen LogP contribution in [0.25, 0.3) is 0 Å². The van der Waals surface area contributed by atoms with Crippen LogP contribution < -0.4 is 16.6 Å². The summed E-state index contributed by atoms with van der Waals surface area (Å²) >= 11 is 1.38. The van der Waals surface area contributed by atoms with Crippen LogP contribution in [0.15, 0.2) is 45.2 Å². The number of anilines is 1. The largest absolute Gasteiger partial charge is 0.383 e. The number of nitrogens with zero attached hydrogens (tertiary/aromatic N) is 1. The summed E-state index contributed by atoms with van der Waals surface area (Å²) < 4.78 is 0. The van der Waals surface area contributed by atoms with Gasteiger partial charge >= 0.3 is 0 Å². The number of nitrogen functional groups attached to an aromatic ring is 1. The highest BCUT2D eigenvalue weighted by atomic mass is 32.2. The number of rotatable bonds is 4. The number of aromatic amines is 1. The standard InChI is InChI=1S/C12H14N4OS/c1-14-7-8-2-4-9(5-3-8)18-12-15-10(13)6-11(17)16-12/h2-6,14H,7H2,1H3,(H3,13,15,16,17). The zero-order chi connectivity index (χ0) is 13.0. The Morgan fingerprint density at radius 1 is 1.39 bits per heavy atom. The van der Waals surface area contributed by atoms with Gasteiger partial charge in [0.2, 0.25) is 0 Å². The molecule has 5 nitrogen and oxygen atoms in total. The minimum atomic E-state index is -0.239. The minimum Gasteiger partial charge on any atom is -0.383 e. The molecule has 2 aromatic rings. The lowest BCUT2D eigenvalue weighted by molar-refractivity contribution is 0.817. The van der Waals surface area contributed by atoms with Crippen LogP contribution in [0.5, 0.6) is 0 Å². The molecular weight excluding hydrogens is 248 g/mol. The van der Waals surface area contributed by atoms with Gasteiger partial charge in [0.05, 0.1) is 0 Å². The average molecular weight is 262 g/mol. The highest BCUT2D eigenvalue weighted by Crippen LogP contribution is 2.24. The molecule has 0 bridgehead atoms. The van der Waals surface area contributed by atoms with E-state index in [1.165, 1.54) is 23.4 Å². The number of benzene rings is 1. The van der Waals surface area contributed by atoms with E-state index in [2.05, 4.69) is 15.3 Å². The van der Waals surface area contributed by atoms with Crippen LogP contribution in [-0.4, -0.2) is 17.0 Å². The van der Waals surface area contributed by atoms with Crippen molar-refractivity contribution in [2.24, 2.45) is 0 Å². The molecule has 0 saturated carbocycles. The van der Waals surface area contributed by atoms with Crippen molar-refractivity contribution in [1.82, 2.24) is 15.3 Å². The minimum absolute atomic E-state index is 0.230. The molecule has 0 aliphatic carbocycles. The van der Waals surface area contributed by atoms with Crippen LogP contribution >= 0.6 is 11.8 Å². The second kappa shape index (κ2) is 5.70. The first-order valence-electron chi connectivity index (χ1n) is 5.45. The molecule has 2 rings (SSSR count). The van der Waals surface area contributed by atoms with Gasteiger partial charge in [0.25, 0.3) is 5.56 Å². The van der Waals surface area contributed by atoms with E-state index in [9.17, 15) is 4.79 Å². The topological polar surface area (TPSA) is 83.8 Å². The van der Waals surface area contributed by atoms with Gasteiger partial charge in [0.1, 0.15) is 5.82 Å². The van der Waals surface area contributed by atoms with Gasteiger partial charge in [-0.1, -0.05) is 23.9 Å². The first kappa shape index (κ1) is 12.7. The van der Waals surface area contributed by atoms with Crippen LogP contribution in [0.4, 0.5) is 5.82 Å². The van der Waals surface area contributed by atoms with Crippen LogP contribution in [0.2, 0.25) is 0 Å². The van der Waals surface area contributed by atoms with Crippen molar-refractivity contribution < 1.29 is 0 Å². The van der Waals surface area contributed by atoms with Gasteiger partial charge in [0, 0.05) is 17.5 Å². The van der Waals surface area contributed by atoms with Crippen molar-refractivity contribution in [3.63, 3.8) is 0 Å². The molecule has 0 atom stereocenters. The number of hydrogen-bond acceptors (Lipinski definition) is 5. The Balaban J connectivity index is 2.15. The van der Waals surface area contributed by atoms with Gasteiger partial charge in [-0.25, -0.2) is 4.98 Å². The van der Waals surface area contributed by atoms with E-state index in [4.69, 9.17) is 5.73 Å². The normalized spacial score (nSPS) is 10.5. The maximum atomic E-state index is 11.2. The zero-order valence-electron chi connectivity index (χ0n) is 9.93. The highest BCUT2D eigenvalue weighted by molar-refractivity contribution is 7.99. The number of H-pyrrole nitrogens is 1. The van der Waals surface area contributed by atoms with Crippen molar-refractivity contribution in [3.8, 4) is 0 Å². The molecule has 4 N–H and O–H groups in total. The lowest BCUT2D eigenvalue weighted by Crippen LogP contribution is -2.09. The first-order chi connectivity index (χ1) is 8.67. The summed E-state index contributed by atoms with van der Waals surface area (Å²) in [6.45, 7) is 0.832. The van der Waals surface area contributed by atoms with E-state index >= 15 is 0 Å². The van der Waals surface area contributed by atoms with Gasteiger partial charge in [-0.3, -0.25) is 4.79 Å². The summed E-state index contributed by atoms with van der Waals surface area (Å²) in [5, 5.41) is 3.59. The molecule has 94 valence electrons. The Morgan fingerprint density at radius 2 is 2.11 bits per heavy atom. The summed E-state index contributed by atoms with van der Waals surface area (Å²) in [6.07, 6.45) is 0. The molecule has 1 aromatic heterocycles. The summed E-state index contributed by atoms with van der Waals surface area (Å²) in [7, 11) is 1.91. The van der Waals surface area contributed by atoms with Gasteiger partial charge < -0.3 is 16.0 Å². The molecule has 0 amide bonds. The number of nitrogens with two attached hydrogens (primary N) is 1. The van der Waals surface area contributed by atoms with Crippen LogP contribution in [0, 0.1) is 0 Å². The molecule has 0 fully saturated rings. The molecule has 18 heavy (non-hydrogen) atoms. The molecule has 1 heterocycles. The third-order valence-electron chi connectivity index (χ3n) is 2.26. The second-order valence-electron chi connectivity index (χ2n) is 3.75.